The highest BCUT2D eigenvalue weighted by molar-refractivity contribution is 5.98. The Kier molecular flexibility index (Phi) is 5.15. The van der Waals surface area contributed by atoms with Gasteiger partial charge in [-0.3, -0.25) is 4.90 Å². The third-order valence-corrected chi connectivity index (χ3v) is 5.75. The molecule has 1 aliphatic heterocycles. The third-order valence-electron chi connectivity index (χ3n) is 5.75. The number of ether oxygens (including phenoxy) is 1. The molecule has 0 spiro atoms. The van der Waals surface area contributed by atoms with Gasteiger partial charge in [0.1, 0.15) is 6.61 Å². The Labute approximate surface area is 163 Å². The zero-order valence-electron chi connectivity index (χ0n) is 15.6. The number of hydrogen-bond acceptors (Lipinski definition) is 5. The number of hydrogen-bond donors (Lipinski definition) is 2. The van der Waals surface area contributed by atoms with Crippen molar-refractivity contribution in [3.8, 4) is 11.1 Å². The average molecular weight is 380 g/mol. The lowest BCUT2D eigenvalue weighted by molar-refractivity contribution is -0.161. The van der Waals surface area contributed by atoms with Gasteiger partial charge in [0.2, 0.25) is 6.04 Å². The first-order valence-corrected chi connectivity index (χ1v) is 9.63. The van der Waals surface area contributed by atoms with Crippen LogP contribution < -0.4 is 5.73 Å². The van der Waals surface area contributed by atoms with Gasteiger partial charge in [0.05, 0.1) is 0 Å². The molecule has 1 aliphatic carbocycles. The summed E-state index contributed by atoms with van der Waals surface area (Å²) in [5.41, 5.74) is 10.4. The number of aliphatic carboxylic acids is 1. The summed E-state index contributed by atoms with van der Waals surface area (Å²) in [5, 5.41) is 9.60. The summed E-state index contributed by atoms with van der Waals surface area (Å²) in [6.45, 7) is 1.11. The summed E-state index contributed by atoms with van der Waals surface area (Å²) in [6.07, 6.45) is 1.36. The number of benzene rings is 2. The van der Waals surface area contributed by atoms with Gasteiger partial charge in [-0.25, -0.2) is 9.59 Å². The lowest BCUT2D eigenvalue weighted by Crippen LogP contribution is -2.52. The quantitative estimate of drug-likeness (QED) is 0.610. The van der Waals surface area contributed by atoms with Gasteiger partial charge in [-0.2, -0.15) is 0 Å². The number of carbonyl (C=O) groups excluding carboxylic acids is 1. The first-order valence-electron chi connectivity index (χ1n) is 9.63. The van der Waals surface area contributed by atoms with Gasteiger partial charge in [0.15, 0.2) is 0 Å². The smallest absolute Gasteiger partial charge is 0.335 e. The first-order chi connectivity index (χ1) is 13.6. The highest BCUT2D eigenvalue weighted by atomic mass is 16.5. The molecule has 2 aliphatic rings. The minimum absolute atomic E-state index is 0.0632. The van der Waals surface area contributed by atoms with Crippen molar-refractivity contribution >= 4 is 11.9 Å². The molecule has 6 heteroatoms. The maximum absolute atomic E-state index is 12.7. The molecule has 4 rings (SSSR count). The van der Waals surface area contributed by atoms with E-state index in [1.807, 2.05) is 36.4 Å². The number of nitrogens with two attached hydrogens (primary N) is 1. The number of esters is 1. The Bertz CT molecular complexity index is 844. The van der Waals surface area contributed by atoms with Gasteiger partial charge in [-0.05, 0) is 35.1 Å². The molecule has 1 fully saturated rings. The second-order valence-corrected chi connectivity index (χ2v) is 7.47. The molecule has 0 bridgehead atoms. The number of likely N-dealkylation sites (tertiary alicyclic amines) is 1. The molecule has 6 nitrogen and oxygen atoms in total. The van der Waals surface area contributed by atoms with Crippen LogP contribution in [0.2, 0.25) is 0 Å². The molecule has 0 amide bonds. The first kappa shape index (κ1) is 18.7. The fourth-order valence-electron chi connectivity index (χ4n) is 4.27. The summed E-state index contributed by atoms with van der Waals surface area (Å²) in [5.74, 6) is -1.96. The van der Waals surface area contributed by atoms with Crippen molar-refractivity contribution < 1.29 is 19.4 Å². The molecule has 1 atom stereocenters. The van der Waals surface area contributed by atoms with E-state index in [9.17, 15) is 14.7 Å². The van der Waals surface area contributed by atoms with Crippen molar-refractivity contribution in [2.45, 2.75) is 30.8 Å². The van der Waals surface area contributed by atoms with E-state index in [0.717, 1.165) is 22.3 Å². The van der Waals surface area contributed by atoms with Gasteiger partial charge in [-0.1, -0.05) is 48.5 Å². The number of carbonyl (C=O) groups is 2. The minimum atomic E-state index is -1.28. The minimum Gasteiger partial charge on any atom is -0.480 e. The van der Waals surface area contributed by atoms with E-state index in [4.69, 9.17) is 10.5 Å². The topological polar surface area (TPSA) is 92.9 Å². The molecule has 1 saturated heterocycles. The van der Waals surface area contributed by atoms with Crippen molar-refractivity contribution in [2.75, 3.05) is 19.7 Å². The summed E-state index contributed by atoms with van der Waals surface area (Å²) >= 11 is 0. The molecule has 3 N–H and O–H groups in total. The molecule has 28 heavy (non-hydrogen) atoms. The van der Waals surface area contributed by atoms with Crippen molar-refractivity contribution in [3.63, 3.8) is 0 Å². The average Bonchev–Trinajstić information content (AvgIpc) is 3.02. The van der Waals surface area contributed by atoms with E-state index >= 15 is 0 Å². The van der Waals surface area contributed by atoms with E-state index in [0.29, 0.717) is 25.9 Å². The van der Waals surface area contributed by atoms with Crippen LogP contribution in [0.1, 0.15) is 29.9 Å². The standard InChI is InChI=1S/C22H24N2O4/c23-14-9-11-24(12-10-14)20(21(25)26)22(27)28-13-19-17-7-3-1-5-15(17)16-6-2-4-8-18(16)19/h1-8,14,19-20H,9-13,23H2,(H,25,26)/t20-/m1/s1. The van der Waals surface area contributed by atoms with Crippen LogP contribution in [0.15, 0.2) is 48.5 Å². The molecule has 146 valence electrons. The number of carboxylic acids is 1. The maximum Gasteiger partial charge on any atom is 0.335 e. The van der Waals surface area contributed by atoms with Crippen molar-refractivity contribution in [1.29, 1.82) is 0 Å². The molecule has 2 aromatic rings. The predicted molar refractivity (Wildman–Crippen MR) is 105 cm³/mol. The van der Waals surface area contributed by atoms with Gasteiger partial charge >= 0.3 is 11.9 Å². The van der Waals surface area contributed by atoms with Gasteiger partial charge in [0.25, 0.3) is 0 Å². The number of rotatable bonds is 5. The molecule has 0 aromatic heterocycles. The molecule has 0 saturated carbocycles. The zero-order chi connectivity index (χ0) is 19.7. The van der Waals surface area contributed by atoms with Crippen LogP contribution in [0.4, 0.5) is 0 Å². The lowest BCUT2D eigenvalue weighted by atomic mass is 9.98. The molecule has 1 heterocycles. The molecule has 0 radical (unpaired) electrons. The van der Waals surface area contributed by atoms with Crippen LogP contribution in [0.3, 0.4) is 0 Å². The summed E-state index contributed by atoms with van der Waals surface area (Å²) in [4.78, 5) is 26.1. The Morgan fingerprint density at radius 1 is 1.04 bits per heavy atom. The van der Waals surface area contributed by atoms with Crippen LogP contribution in [0.5, 0.6) is 0 Å². The molecule has 0 unspecified atom stereocenters. The number of fused-ring (bicyclic) bond motifs is 3. The van der Waals surface area contributed by atoms with E-state index in [-0.39, 0.29) is 18.6 Å². The monoisotopic (exact) mass is 380 g/mol. The fourth-order valence-corrected chi connectivity index (χ4v) is 4.27. The highest BCUT2D eigenvalue weighted by Crippen LogP contribution is 2.44. The fraction of sp³-hybridized carbons (Fsp3) is 0.364. The van der Waals surface area contributed by atoms with Gasteiger partial charge in [0, 0.05) is 25.0 Å². The lowest BCUT2D eigenvalue weighted by Gasteiger charge is -2.33. The summed E-state index contributed by atoms with van der Waals surface area (Å²) in [6, 6.07) is 14.9. The Morgan fingerprint density at radius 2 is 1.57 bits per heavy atom. The Balaban J connectivity index is 1.50. The highest BCUT2D eigenvalue weighted by Gasteiger charge is 2.37. The zero-order valence-corrected chi connectivity index (χ0v) is 15.6. The third kappa shape index (κ3) is 3.41. The van der Waals surface area contributed by atoms with Crippen LogP contribution >= 0.6 is 0 Å². The van der Waals surface area contributed by atoms with Crippen LogP contribution in [-0.4, -0.2) is 53.7 Å². The van der Waals surface area contributed by atoms with E-state index in [1.54, 1.807) is 4.90 Å². The normalized spacial score (nSPS) is 18.3. The molecule has 2 aromatic carbocycles. The van der Waals surface area contributed by atoms with Crippen molar-refractivity contribution in [1.82, 2.24) is 4.90 Å². The van der Waals surface area contributed by atoms with Crippen molar-refractivity contribution in [2.24, 2.45) is 5.73 Å². The maximum atomic E-state index is 12.7. The molecular weight excluding hydrogens is 356 g/mol. The van der Waals surface area contributed by atoms with E-state index in [2.05, 4.69) is 12.1 Å². The molecular formula is C22H24N2O4. The van der Waals surface area contributed by atoms with Crippen molar-refractivity contribution in [3.05, 3.63) is 59.7 Å². The van der Waals surface area contributed by atoms with Crippen LogP contribution in [0.25, 0.3) is 11.1 Å². The Hall–Kier alpha value is -2.70. The van der Waals surface area contributed by atoms with E-state index in [1.165, 1.54) is 0 Å². The van der Waals surface area contributed by atoms with Crippen LogP contribution in [0, 0.1) is 0 Å². The largest absolute Gasteiger partial charge is 0.480 e. The SMILES string of the molecule is NC1CCN([C@H](C(=O)O)C(=O)OCC2c3ccccc3-c3ccccc32)CC1. The van der Waals surface area contributed by atoms with Gasteiger partial charge < -0.3 is 15.6 Å². The number of carboxylic acid groups (broad SMARTS) is 1. The number of piperidine rings is 1. The Morgan fingerprint density at radius 3 is 2.11 bits per heavy atom. The van der Waals surface area contributed by atoms with E-state index < -0.39 is 18.0 Å². The summed E-state index contributed by atoms with van der Waals surface area (Å²) in [7, 11) is 0. The predicted octanol–water partition coefficient (Wildman–Crippen LogP) is 2.22. The van der Waals surface area contributed by atoms with Crippen LogP contribution in [-0.2, 0) is 14.3 Å². The number of nitrogens with zero attached hydrogens (tertiary/aromatic N) is 1. The second kappa shape index (κ2) is 7.73. The summed E-state index contributed by atoms with van der Waals surface area (Å²) < 4.78 is 5.55. The second-order valence-electron chi connectivity index (χ2n) is 7.47. The van der Waals surface area contributed by atoms with Gasteiger partial charge in [-0.15, -0.1) is 0 Å².